The molecular weight excluding hydrogens is 338 g/mol. The van der Waals surface area contributed by atoms with Crippen LogP contribution >= 0.6 is 0 Å². The van der Waals surface area contributed by atoms with Crippen molar-refractivity contribution in [3.8, 4) is 5.75 Å². The predicted molar refractivity (Wildman–Crippen MR) is 107 cm³/mol. The zero-order chi connectivity index (χ0) is 19.1. The second-order valence-corrected chi connectivity index (χ2v) is 6.24. The second kappa shape index (κ2) is 8.85. The van der Waals surface area contributed by atoms with Gasteiger partial charge in [0.25, 0.3) is 5.91 Å². The van der Waals surface area contributed by atoms with Gasteiger partial charge in [0, 0.05) is 25.7 Å². The molecule has 2 aromatic carbocycles. The van der Waals surface area contributed by atoms with Crippen LogP contribution in [0.3, 0.4) is 0 Å². The summed E-state index contributed by atoms with van der Waals surface area (Å²) in [5.41, 5.74) is 3.49. The van der Waals surface area contributed by atoms with Crippen LogP contribution in [0.4, 0.5) is 5.69 Å². The lowest BCUT2D eigenvalue weighted by atomic mass is 10.2. The Labute approximate surface area is 159 Å². The summed E-state index contributed by atoms with van der Waals surface area (Å²) in [4.78, 5) is 18.8. The van der Waals surface area contributed by atoms with Crippen molar-refractivity contribution in [1.29, 1.82) is 0 Å². The number of rotatable bonds is 7. The summed E-state index contributed by atoms with van der Waals surface area (Å²) in [5, 5.41) is 2.88. The van der Waals surface area contributed by atoms with Gasteiger partial charge in [-0.1, -0.05) is 48.5 Å². The molecule has 0 aliphatic rings. The standard InChI is InChI=1S/C22H23N3O2/c1-25(16-17-8-4-3-5-9-17)19-12-13-20(23-15-19)22(26)24-14-18-10-6-7-11-21(18)27-2/h3-13,15H,14,16H2,1-2H3,(H,24,26). The fourth-order valence-corrected chi connectivity index (χ4v) is 2.81. The molecule has 0 bridgehead atoms. The third kappa shape index (κ3) is 4.85. The van der Waals surface area contributed by atoms with Gasteiger partial charge in [0.1, 0.15) is 11.4 Å². The van der Waals surface area contributed by atoms with Crippen molar-refractivity contribution in [3.05, 3.63) is 89.7 Å². The maximum atomic E-state index is 12.4. The minimum Gasteiger partial charge on any atom is -0.496 e. The summed E-state index contributed by atoms with van der Waals surface area (Å²) >= 11 is 0. The van der Waals surface area contributed by atoms with Crippen LogP contribution in [0, 0.1) is 0 Å². The smallest absolute Gasteiger partial charge is 0.270 e. The SMILES string of the molecule is COc1ccccc1CNC(=O)c1ccc(N(C)Cc2ccccc2)cn1. The number of methoxy groups -OCH3 is 1. The molecule has 138 valence electrons. The lowest BCUT2D eigenvalue weighted by Gasteiger charge is -2.19. The number of benzene rings is 2. The predicted octanol–water partition coefficient (Wildman–Crippen LogP) is 3.66. The van der Waals surface area contributed by atoms with E-state index >= 15 is 0 Å². The molecule has 0 atom stereocenters. The van der Waals surface area contributed by atoms with E-state index in [4.69, 9.17) is 4.74 Å². The van der Waals surface area contributed by atoms with E-state index in [1.54, 1.807) is 19.4 Å². The number of carbonyl (C=O) groups excluding carboxylic acids is 1. The molecule has 0 spiro atoms. The quantitative estimate of drug-likeness (QED) is 0.698. The molecule has 0 aliphatic carbocycles. The van der Waals surface area contributed by atoms with Gasteiger partial charge in [-0.25, -0.2) is 4.98 Å². The lowest BCUT2D eigenvalue weighted by Crippen LogP contribution is -2.24. The number of carbonyl (C=O) groups is 1. The first-order valence-electron chi connectivity index (χ1n) is 8.78. The van der Waals surface area contributed by atoms with E-state index in [2.05, 4.69) is 27.3 Å². The molecule has 0 fully saturated rings. The molecule has 3 rings (SSSR count). The van der Waals surface area contributed by atoms with Crippen molar-refractivity contribution in [3.63, 3.8) is 0 Å². The van der Waals surface area contributed by atoms with Crippen LogP contribution in [0.5, 0.6) is 5.75 Å². The van der Waals surface area contributed by atoms with Crippen molar-refractivity contribution in [2.24, 2.45) is 0 Å². The molecule has 1 heterocycles. The van der Waals surface area contributed by atoms with Gasteiger partial charge < -0.3 is 15.0 Å². The van der Waals surface area contributed by atoms with Crippen LogP contribution in [0.25, 0.3) is 0 Å². The first-order chi connectivity index (χ1) is 13.2. The van der Waals surface area contributed by atoms with Crippen LogP contribution < -0.4 is 15.0 Å². The molecule has 0 unspecified atom stereocenters. The number of pyridine rings is 1. The van der Waals surface area contributed by atoms with Crippen molar-refractivity contribution in [2.45, 2.75) is 13.1 Å². The van der Waals surface area contributed by atoms with Gasteiger partial charge in [-0.2, -0.15) is 0 Å². The molecule has 27 heavy (non-hydrogen) atoms. The van der Waals surface area contributed by atoms with Gasteiger partial charge in [0.05, 0.1) is 19.0 Å². The molecular formula is C22H23N3O2. The molecule has 0 saturated heterocycles. The molecule has 0 radical (unpaired) electrons. The number of para-hydroxylation sites is 1. The van der Waals surface area contributed by atoms with Gasteiger partial charge in [-0.3, -0.25) is 4.79 Å². The van der Waals surface area contributed by atoms with Crippen LogP contribution in [-0.4, -0.2) is 25.0 Å². The third-order valence-corrected chi connectivity index (χ3v) is 4.32. The highest BCUT2D eigenvalue weighted by Crippen LogP contribution is 2.17. The Morgan fingerprint density at radius 1 is 1.04 bits per heavy atom. The summed E-state index contributed by atoms with van der Waals surface area (Å²) in [7, 11) is 3.62. The van der Waals surface area contributed by atoms with Crippen LogP contribution in [0.1, 0.15) is 21.6 Å². The Hall–Kier alpha value is -3.34. The Morgan fingerprint density at radius 2 is 1.78 bits per heavy atom. The summed E-state index contributed by atoms with van der Waals surface area (Å²) in [6, 6.07) is 21.5. The Kier molecular flexibility index (Phi) is 6.05. The van der Waals surface area contributed by atoms with Crippen LogP contribution in [0.15, 0.2) is 72.9 Å². The number of ether oxygens (including phenoxy) is 1. The number of anilines is 1. The molecule has 1 amide bonds. The molecule has 3 aromatic rings. The lowest BCUT2D eigenvalue weighted by molar-refractivity contribution is 0.0945. The number of hydrogen-bond acceptors (Lipinski definition) is 4. The highest BCUT2D eigenvalue weighted by Gasteiger charge is 2.10. The molecule has 5 nitrogen and oxygen atoms in total. The zero-order valence-electron chi connectivity index (χ0n) is 15.6. The van der Waals surface area contributed by atoms with Gasteiger partial charge in [0.2, 0.25) is 0 Å². The highest BCUT2D eigenvalue weighted by atomic mass is 16.5. The third-order valence-electron chi connectivity index (χ3n) is 4.32. The zero-order valence-corrected chi connectivity index (χ0v) is 15.6. The van der Waals surface area contributed by atoms with Crippen molar-refractivity contribution in [2.75, 3.05) is 19.1 Å². The van der Waals surface area contributed by atoms with Crippen molar-refractivity contribution < 1.29 is 9.53 Å². The minimum atomic E-state index is -0.210. The van der Waals surface area contributed by atoms with E-state index in [1.165, 1.54) is 5.56 Å². The summed E-state index contributed by atoms with van der Waals surface area (Å²) in [5.74, 6) is 0.543. The molecule has 1 aromatic heterocycles. The second-order valence-electron chi connectivity index (χ2n) is 6.24. The average Bonchev–Trinajstić information content (AvgIpc) is 2.73. The summed E-state index contributed by atoms with van der Waals surface area (Å²) in [6.07, 6.45) is 1.72. The maximum Gasteiger partial charge on any atom is 0.270 e. The van der Waals surface area contributed by atoms with E-state index in [1.807, 2.05) is 55.6 Å². The number of aromatic nitrogens is 1. The number of amides is 1. The van der Waals surface area contributed by atoms with Gasteiger partial charge in [-0.15, -0.1) is 0 Å². The molecule has 0 aliphatic heterocycles. The van der Waals surface area contributed by atoms with E-state index in [0.29, 0.717) is 12.2 Å². The monoisotopic (exact) mass is 361 g/mol. The molecule has 1 N–H and O–H groups in total. The number of nitrogens with zero attached hydrogens (tertiary/aromatic N) is 2. The van der Waals surface area contributed by atoms with E-state index in [-0.39, 0.29) is 5.91 Å². The fraction of sp³-hybridized carbons (Fsp3) is 0.182. The van der Waals surface area contributed by atoms with Gasteiger partial charge in [-0.05, 0) is 23.8 Å². The average molecular weight is 361 g/mol. The normalized spacial score (nSPS) is 10.3. The Morgan fingerprint density at radius 3 is 2.48 bits per heavy atom. The first-order valence-corrected chi connectivity index (χ1v) is 8.78. The first kappa shape index (κ1) is 18.5. The topological polar surface area (TPSA) is 54.5 Å². The van der Waals surface area contributed by atoms with E-state index < -0.39 is 0 Å². The molecule has 0 saturated carbocycles. The number of hydrogen-bond donors (Lipinski definition) is 1. The highest BCUT2D eigenvalue weighted by molar-refractivity contribution is 5.92. The van der Waals surface area contributed by atoms with Crippen molar-refractivity contribution in [1.82, 2.24) is 10.3 Å². The maximum absolute atomic E-state index is 12.4. The van der Waals surface area contributed by atoms with E-state index in [0.717, 1.165) is 23.5 Å². The summed E-state index contributed by atoms with van der Waals surface area (Å²) < 4.78 is 5.30. The van der Waals surface area contributed by atoms with Gasteiger partial charge >= 0.3 is 0 Å². The fourth-order valence-electron chi connectivity index (χ4n) is 2.81. The van der Waals surface area contributed by atoms with Crippen molar-refractivity contribution >= 4 is 11.6 Å². The largest absolute Gasteiger partial charge is 0.496 e. The number of nitrogens with one attached hydrogen (secondary N) is 1. The Bertz CT molecular complexity index is 880. The van der Waals surface area contributed by atoms with E-state index in [9.17, 15) is 4.79 Å². The molecule has 5 heteroatoms. The Balaban J connectivity index is 1.60. The summed E-state index contributed by atoms with van der Waals surface area (Å²) in [6.45, 7) is 1.17. The van der Waals surface area contributed by atoms with Gasteiger partial charge in [0.15, 0.2) is 0 Å². The van der Waals surface area contributed by atoms with Crippen LogP contribution in [0.2, 0.25) is 0 Å². The van der Waals surface area contributed by atoms with Crippen LogP contribution in [-0.2, 0) is 13.1 Å². The minimum absolute atomic E-state index is 0.210.